The van der Waals surface area contributed by atoms with Crippen LogP contribution in [0.4, 0.5) is 8.78 Å². The molecule has 0 aliphatic carbocycles. The van der Waals surface area contributed by atoms with Gasteiger partial charge in [0.2, 0.25) is 5.91 Å². The third-order valence-corrected chi connectivity index (χ3v) is 8.70. The summed E-state index contributed by atoms with van der Waals surface area (Å²) in [6.07, 6.45) is 5.55. The minimum absolute atomic E-state index is 0.0383. The van der Waals surface area contributed by atoms with Crippen molar-refractivity contribution >= 4 is 17.7 Å². The summed E-state index contributed by atoms with van der Waals surface area (Å²) in [6, 6.07) is 17.0. The first-order valence-electron chi connectivity index (χ1n) is 13.6. The number of nitrogens with zero attached hydrogens (tertiary/aromatic N) is 3. The van der Waals surface area contributed by atoms with Crippen molar-refractivity contribution in [3.05, 3.63) is 101 Å². The Morgan fingerprint density at radius 2 is 1.64 bits per heavy atom. The van der Waals surface area contributed by atoms with Gasteiger partial charge in [0.15, 0.2) is 0 Å². The number of nitrogens with one attached hydrogen (secondary N) is 2. The SMILES string of the molecule is O=C(NCCCCN1CCN(C(c2ccc(F)cc2)c2ccc(F)cc2)CC1)C1CSC(c2cccnc2)N1. The first kappa shape index (κ1) is 27.7. The van der Waals surface area contributed by atoms with Gasteiger partial charge in [-0.25, -0.2) is 8.78 Å². The maximum atomic E-state index is 13.6. The van der Waals surface area contributed by atoms with E-state index in [9.17, 15) is 13.6 Å². The summed E-state index contributed by atoms with van der Waals surface area (Å²) >= 11 is 1.74. The number of rotatable bonds is 10. The van der Waals surface area contributed by atoms with E-state index in [1.807, 2.05) is 42.6 Å². The third-order valence-electron chi connectivity index (χ3n) is 7.43. The van der Waals surface area contributed by atoms with Gasteiger partial charge in [-0.1, -0.05) is 30.3 Å². The molecule has 0 saturated carbocycles. The monoisotopic (exact) mass is 551 g/mol. The zero-order valence-electron chi connectivity index (χ0n) is 21.9. The van der Waals surface area contributed by atoms with Gasteiger partial charge < -0.3 is 10.2 Å². The number of hydrogen-bond donors (Lipinski definition) is 2. The Kier molecular flexibility index (Phi) is 9.58. The van der Waals surface area contributed by atoms with Crippen LogP contribution in [-0.2, 0) is 4.79 Å². The highest BCUT2D eigenvalue weighted by Crippen LogP contribution is 2.32. The van der Waals surface area contributed by atoms with E-state index in [0.29, 0.717) is 6.54 Å². The van der Waals surface area contributed by atoms with Crippen molar-refractivity contribution in [3.8, 4) is 0 Å². The van der Waals surface area contributed by atoms with Gasteiger partial charge in [-0.15, -0.1) is 11.8 Å². The summed E-state index contributed by atoms with van der Waals surface area (Å²) < 4.78 is 27.2. The van der Waals surface area contributed by atoms with Gasteiger partial charge >= 0.3 is 0 Å². The molecule has 5 rings (SSSR count). The lowest BCUT2D eigenvalue weighted by molar-refractivity contribution is -0.122. The number of hydrogen-bond acceptors (Lipinski definition) is 6. The van der Waals surface area contributed by atoms with E-state index in [1.54, 1.807) is 18.0 Å². The highest BCUT2D eigenvalue weighted by Gasteiger charge is 2.30. The minimum Gasteiger partial charge on any atom is -0.355 e. The predicted octanol–water partition coefficient (Wildman–Crippen LogP) is 4.37. The molecule has 6 nitrogen and oxygen atoms in total. The van der Waals surface area contributed by atoms with Crippen LogP contribution in [0.5, 0.6) is 0 Å². The van der Waals surface area contributed by atoms with Gasteiger partial charge in [-0.2, -0.15) is 0 Å². The number of thioether (sulfide) groups is 1. The molecule has 0 bridgehead atoms. The molecule has 3 heterocycles. The molecule has 3 aromatic rings. The number of carbonyl (C=O) groups excluding carboxylic acids is 1. The lowest BCUT2D eigenvalue weighted by Gasteiger charge is -2.40. The molecule has 206 valence electrons. The third kappa shape index (κ3) is 7.42. The van der Waals surface area contributed by atoms with Crippen molar-refractivity contribution < 1.29 is 13.6 Å². The highest BCUT2D eigenvalue weighted by molar-refractivity contribution is 7.99. The molecule has 2 aliphatic heterocycles. The Hall–Kier alpha value is -2.85. The van der Waals surface area contributed by atoms with Crippen molar-refractivity contribution in [1.29, 1.82) is 0 Å². The normalized spacial score (nSPS) is 20.4. The van der Waals surface area contributed by atoms with E-state index in [-0.39, 0.29) is 35.0 Å². The summed E-state index contributed by atoms with van der Waals surface area (Å²) in [7, 11) is 0. The van der Waals surface area contributed by atoms with Crippen LogP contribution in [0.15, 0.2) is 73.1 Å². The topological polar surface area (TPSA) is 60.5 Å². The maximum absolute atomic E-state index is 13.6. The fourth-order valence-electron chi connectivity index (χ4n) is 5.29. The van der Waals surface area contributed by atoms with E-state index < -0.39 is 0 Å². The van der Waals surface area contributed by atoms with E-state index in [0.717, 1.165) is 68.0 Å². The fraction of sp³-hybridized carbons (Fsp3) is 0.400. The Morgan fingerprint density at radius 3 is 2.26 bits per heavy atom. The molecule has 0 spiro atoms. The van der Waals surface area contributed by atoms with Crippen LogP contribution in [0.3, 0.4) is 0 Å². The van der Waals surface area contributed by atoms with E-state index in [2.05, 4.69) is 25.4 Å². The van der Waals surface area contributed by atoms with Crippen LogP contribution >= 0.6 is 11.8 Å². The van der Waals surface area contributed by atoms with Gasteiger partial charge in [0.1, 0.15) is 11.6 Å². The fourth-order valence-corrected chi connectivity index (χ4v) is 6.52. The summed E-state index contributed by atoms with van der Waals surface area (Å²) in [5.74, 6) is 0.303. The molecule has 2 fully saturated rings. The number of amides is 1. The van der Waals surface area contributed by atoms with E-state index in [4.69, 9.17) is 0 Å². The molecule has 2 atom stereocenters. The zero-order chi connectivity index (χ0) is 27.0. The van der Waals surface area contributed by atoms with Crippen LogP contribution in [0, 0.1) is 11.6 Å². The van der Waals surface area contributed by atoms with Crippen LogP contribution in [0.1, 0.15) is 40.9 Å². The zero-order valence-corrected chi connectivity index (χ0v) is 22.8. The van der Waals surface area contributed by atoms with Gasteiger partial charge in [-0.05, 0) is 66.4 Å². The Bertz CT molecular complexity index is 1140. The average Bonchev–Trinajstić information content (AvgIpc) is 3.47. The summed E-state index contributed by atoms with van der Waals surface area (Å²) in [5, 5.41) is 6.60. The van der Waals surface area contributed by atoms with Crippen LogP contribution in [0.2, 0.25) is 0 Å². The van der Waals surface area contributed by atoms with Crippen molar-refractivity contribution in [2.75, 3.05) is 45.0 Å². The van der Waals surface area contributed by atoms with Gasteiger partial charge in [-0.3, -0.25) is 20.0 Å². The summed E-state index contributed by atoms with van der Waals surface area (Å²) in [5.41, 5.74) is 3.11. The molecule has 2 unspecified atom stereocenters. The van der Waals surface area contributed by atoms with Crippen molar-refractivity contribution in [2.24, 2.45) is 0 Å². The van der Waals surface area contributed by atoms with Gasteiger partial charge in [0, 0.05) is 50.9 Å². The molecule has 2 aliphatic rings. The van der Waals surface area contributed by atoms with Crippen molar-refractivity contribution in [1.82, 2.24) is 25.4 Å². The first-order chi connectivity index (χ1) is 19.1. The quantitative estimate of drug-likeness (QED) is 0.365. The van der Waals surface area contributed by atoms with Crippen LogP contribution < -0.4 is 10.6 Å². The molecular weight excluding hydrogens is 516 g/mol. The number of pyridine rings is 1. The molecule has 9 heteroatoms. The standard InChI is InChI=1S/C30H35F2N5OS/c31-25-9-5-22(6-10-25)28(23-7-11-26(32)12-8-23)37-18-16-36(17-19-37)15-2-1-14-34-29(38)27-21-39-30(35-27)24-4-3-13-33-20-24/h3-13,20,27-28,30,35H,1-2,14-19,21H2,(H,34,38). The summed E-state index contributed by atoms with van der Waals surface area (Å²) in [4.78, 5) is 21.6. The molecule has 1 amide bonds. The van der Waals surface area contributed by atoms with Gasteiger partial charge in [0.05, 0.1) is 17.5 Å². The predicted molar refractivity (Wildman–Crippen MR) is 151 cm³/mol. The lowest BCUT2D eigenvalue weighted by Crippen LogP contribution is -2.48. The number of unbranched alkanes of at least 4 members (excludes halogenated alkanes) is 1. The molecule has 39 heavy (non-hydrogen) atoms. The largest absolute Gasteiger partial charge is 0.355 e. The molecule has 2 N–H and O–H groups in total. The number of aromatic nitrogens is 1. The van der Waals surface area contributed by atoms with Crippen molar-refractivity contribution in [3.63, 3.8) is 0 Å². The maximum Gasteiger partial charge on any atom is 0.238 e. The van der Waals surface area contributed by atoms with Crippen LogP contribution in [-0.4, -0.2) is 71.8 Å². The number of halogens is 2. The Balaban J connectivity index is 1.04. The van der Waals surface area contributed by atoms with E-state index >= 15 is 0 Å². The second-order valence-electron chi connectivity index (χ2n) is 10.1. The second kappa shape index (κ2) is 13.5. The summed E-state index contributed by atoms with van der Waals surface area (Å²) in [6.45, 7) is 5.28. The molecular formula is C30H35F2N5OS. The Labute approximate surface area is 233 Å². The molecule has 1 aromatic heterocycles. The molecule has 2 saturated heterocycles. The molecule has 0 radical (unpaired) electrons. The number of benzene rings is 2. The minimum atomic E-state index is -0.259. The van der Waals surface area contributed by atoms with Crippen LogP contribution in [0.25, 0.3) is 0 Å². The Morgan fingerprint density at radius 1 is 0.974 bits per heavy atom. The van der Waals surface area contributed by atoms with Gasteiger partial charge in [0.25, 0.3) is 0 Å². The number of carbonyl (C=O) groups is 1. The van der Waals surface area contributed by atoms with Crippen molar-refractivity contribution in [2.45, 2.75) is 30.3 Å². The lowest BCUT2D eigenvalue weighted by atomic mass is 9.96. The highest BCUT2D eigenvalue weighted by atomic mass is 32.2. The first-order valence-corrected chi connectivity index (χ1v) is 14.6. The second-order valence-corrected chi connectivity index (χ2v) is 11.2. The number of piperazine rings is 1. The smallest absolute Gasteiger partial charge is 0.238 e. The average molecular weight is 552 g/mol. The molecule has 2 aromatic carbocycles. The van der Waals surface area contributed by atoms with E-state index in [1.165, 1.54) is 24.3 Å².